The fourth-order valence-corrected chi connectivity index (χ4v) is 2.29. The summed E-state index contributed by atoms with van der Waals surface area (Å²) in [5.74, 6) is 1.86. The van der Waals surface area contributed by atoms with Crippen molar-refractivity contribution in [2.45, 2.75) is 0 Å². The van der Waals surface area contributed by atoms with Crippen molar-refractivity contribution in [1.82, 2.24) is 20.2 Å². The summed E-state index contributed by atoms with van der Waals surface area (Å²) >= 11 is 0. The average molecular weight is 269 g/mol. The van der Waals surface area contributed by atoms with E-state index < -0.39 is 0 Å². The summed E-state index contributed by atoms with van der Waals surface area (Å²) in [7, 11) is 0. The van der Waals surface area contributed by atoms with Crippen molar-refractivity contribution in [1.29, 1.82) is 0 Å². The quantitative estimate of drug-likeness (QED) is 0.692. The molecule has 1 aliphatic heterocycles. The molecule has 3 heterocycles. The molecule has 3 N–H and O–H groups in total. The molecule has 2 aromatic heterocycles. The number of aromatic nitrogens is 4. The van der Waals surface area contributed by atoms with Crippen LogP contribution in [0.15, 0.2) is 24.5 Å². The third kappa shape index (κ3) is 1.56. The Kier molecular flexibility index (Phi) is 2.26. The molecule has 0 amide bonds. The second-order valence-corrected chi connectivity index (χ2v) is 4.41. The third-order valence-corrected chi connectivity index (χ3v) is 3.21. The summed E-state index contributed by atoms with van der Waals surface area (Å²) in [6.07, 6.45) is 1.39. The number of H-pyrrole nitrogens is 1. The predicted octanol–water partition coefficient (Wildman–Crippen LogP) is 1.37. The van der Waals surface area contributed by atoms with Crippen molar-refractivity contribution in [3.63, 3.8) is 0 Å². The van der Waals surface area contributed by atoms with Crippen LogP contribution in [0.1, 0.15) is 0 Å². The van der Waals surface area contributed by atoms with Gasteiger partial charge >= 0.3 is 0 Å². The Hall–Kier alpha value is -2.83. The fourth-order valence-electron chi connectivity index (χ4n) is 2.29. The molecule has 0 radical (unpaired) electrons. The summed E-state index contributed by atoms with van der Waals surface area (Å²) in [4.78, 5) is 8.09. The number of nitrogens with one attached hydrogen (secondary N) is 1. The summed E-state index contributed by atoms with van der Waals surface area (Å²) < 4.78 is 11.1. The number of ether oxygens (including phenoxy) is 2. The van der Waals surface area contributed by atoms with Gasteiger partial charge in [-0.3, -0.25) is 5.10 Å². The minimum atomic E-state index is 0.397. The molecule has 20 heavy (non-hydrogen) atoms. The maximum atomic E-state index is 5.91. The van der Waals surface area contributed by atoms with Crippen molar-refractivity contribution in [3.05, 3.63) is 24.5 Å². The van der Waals surface area contributed by atoms with Crippen LogP contribution in [0.4, 0.5) is 5.82 Å². The molecule has 4 rings (SSSR count). The van der Waals surface area contributed by atoms with E-state index in [1.807, 2.05) is 18.2 Å². The summed E-state index contributed by atoms with van der Waals surface area (Å²) in [6.45, 7) is 1.12. The molecule has 0 bridgehead atoms. The highest BCUT2D eigenvalue weighted by Crippen LogP contribution is 2.36. The van der Waals surface area contributed by atoms with Crippen LogP contribution in [-0.2, 0) is 0 Å². The van der Waals surface area contributed by atoms with E-state index in [-0.39, 0.29) is 0 Å². The molecule has 0 saturated carbocycles. The first-order chi connectivity index (χ1) is 9.83. The summed E-state index contributed by atoms with van der Waals surface area (Å²) in [5, 5.41) is 7.80. The van der Waals surface area contributed by atoms with Gasteiger partial charge in [0.25, 0.3) is 0 Å². The number of aromatic amines is 1. The molecular weight excluding hydrogens is 258 g/mol. The Bertz CT molecular complexity index is 799. The normalized spacial score (nSPS) is 13.6. The van der Waals surface area contributed by atoms with Gasteiger partial charge in [0.05, 0.1) is 11.1 Å². The lowest BCUT2D eigenvalue weighted by Gasteiger charge is -2.18. The number of hydrogen-bond donors (Lipinski definition) is 2. The first kappa shape index (κ1) is 11.0. The van der Waals surface area contributed by atoms with Gasteiger partial charge in [-0.2, -0.15) is 5.10 Å². The van der Waals surface area contributed by atoms with E-state index in [0.29, 0.717) is 35.8 Å². The van der Waals surface area contributed by atoms with Crippen molar-refractivity contribution in [3.8, 4) is 22.8 Å². The van der Waals surface area contributed by atoms with Crippen LogP contribution in [0.2, 0.25) is 0 Å². The van der Waals surface area contributed by atoms with Gasteiger partial charge in [-0.1, -0.05) is 0 Å². The maximum Gasteiger partial charge on any atom is 0.186 e. The zero-order valence-corrected chi connectivity index (χ0v) is 10.5. The second kappa shape index (κ2) is 4.09. The van der Waals surface area contributed by atoms with Crippen LogP contribution in [0, 0.1) is 0 Å². The highest BCUT2D eigenvalue weighted by atomic mass is 16.6. The van der Waals surface area contributed by atoms with Gasteiger partial charge in [0.1, 0.15) is 25.4 Å². The molecule has 100 valence electrons. The van der Waals surface area contributed by atoms with Gasteiger partial charge < -0.3 is 15.2 Å². The average Bonchev–Trinajstić information content (AvgIpc) is 2.92. The smallest absolute Gasteiger partial charge is 0.186 e. The first-order valence-electron chi connectivity index (χ1n) is 6.17. The van der Waals surface area contributed by atoms with Crippen LogP contribution in [0.25, 0.3) is 22.3 Å². The van der Waals surface area contributed by atoms with Crippen LogP contribution in [0.5, 0.6) is 11.5 Å². The Morgan fingerprint density at radius 1 is 1.10 bits per heavy atom. The number of anilines is 1. The van der Waals surface area contributed by atoms with E-state index in [4.69, 9.17) is 15.2 Å². The Balaban J connectivity index is 1.91. The van der Waals surface area contributed by atoms with Crippen molar-refractivity contribution < 1.29 is 9.47 Å². The van der Waals surface area contributed by atoms with Crippen molar-refractivity contribution in [2.24, 2.45) is 0 Å². The summed E-state index contributed by atoms with van der Waals surface area (Å²) in [6, 6.07) is 5.69. The number of benzene rings is 1. The molecule has 0 unspecified atom stereocenters. The van der Waals surface area contributed by atoms with Gasteiger partial charge in [-0.25, -0.2) is 9.97 Å². The molecule has 7 heteroatoms. The van der Waals surface area contributed by atoms with E-state index in [0.717, 1.165) is 17.0 Å². The molecule has 0 fully saturated rings. The van der Waals surface area contributed by atoms with E-state index >= 15 is 0 Å². The van der Waals surface area contributed by atoms with Gasteiger partial charge in [0.2, 0.25) is 0 Å². The van der Waals surface area contributed by atoms with Crippen LogP contribution < -0.4 is 15.2 Å². The maximum absolute atomic E-state index is 5.91. The molecule has 3 aromatic rings. The minimum Gasteiger partial charge on any atom is -0.486 e. The van der Waals surface area contributed by atoms with E-state index in [1.165, 1.54) is 6.33 Å². The van der Waals surface area contributed by atoms with Crippen LogP contribution >= 0.6 is 0 Å². The topological polar surface area (TPSA) is 98.9 Å². The van der Waals surface area contributed by atoms with Gasteiger partial charge in [0.15, 0.2) is 17.1 Å². The molecule has 0 atom stereocenters. The highest BCUT2D eigenvalue weighted by molar-refractivity contribution is 5.98. The van der Waals surface area contributed by atoms with Crippen molar-refractivity contribution >= 4 is 16.9 Å². The Morgan fingerprint density at radius 3 is 2.85 bits per heavy atom. The SMILES string of the molecule is Nc1ncnc2n[nH]c(-c3ccc4c(c3)OCCO4)c12. The molecule has 0 spiro atoms. The number of nitrogens with two attached hydrogens (primary N) is 1. The molecule has 0 aliphatic carbocycles. The fraction of sp³-hybridized carbons (Fsp3) is 0.154. The molecule has 7 nitrogen and oxygen atoms in total. The second-order valence-electron chi connectivity index (χ2n) is 4.41. The standard InChI is InChI=1S/C13H11N5O2/c14-12-10-11(17-18-13(10)16-6-15-12)7-1-2-8-9(5-7)20-4-3-19-8/h1-2,5-6H,3-4H2,(H3,14,15,16,17,18). The lowest BCUT2D eigenvalue weighted by molar-refractivity contribution is 0.171. The zero-order chi connectivity index (χ0) is 13.5. The lowest BCUT2D eigenvalue weighted by Crippen LogP contribution is -2.15. The summed E-state index contributed by atoms with van der Waals surface area (Å²) in [5.41, 5.74) is 8.13. The molecular formula is C13H11N5O2. The van der Waals surface area contributed by atoms with Gasteiger partial charge in [-0.15, -0.1) is 0 Å². The Labute approximate surface area is 113 Å². The van der Waals surface area contributed by atoms with E-state index in [9.17, 15) is 0 Å². The number of nitrogens with zero attached hydrogens (tertiary/aromatic N) is 3. The van der Waals surface area contributed by atoms with Crippen LogP contribution in [0.3, 0.4) is 0 Å². The molecule has 0 saturated heterocycles. The monoisotopic (exact) mass is 269 g/mol. The number of rotatable bonds is 1. The van der Waals surface area contributed by atoms with E-state index in [2.05, 4.69) is 20.2 Å². The molecule has 1 aromatic carbocycles. The molecule has 1 aliphatic rings. The van der Waals surface area contributed by atoms with Gasteiger partial charge in [0, 0.05) is 5.56 Å². The van der Waals surface area contributed by atoms with Crippen LogP contribution in [-0.4, -0.2) is 33.4 Å². The lowest BCUT2D eigenvalue weighted by atomic mass is 10.1. The number of hydrogen-bond acceptors (Lipinski definition) is 6. The number of fused-ring (bicyclic) bond motifs is 2. The highest BCUT2D eigenvalue weighted by Gasteiger charge is 2.16. The van der Waals surface area contributed by atoms with Crippen molar-refractivity contribution in [2.75, 3.05) is 18.9 Å². The first-order valence-corrected chi connectivity index (χ1v) is 6.17. The zero-order valence-electron chi connectivity index (χ0n) is 10.5. The Morgan fingerprint density at radius 2 is 1.95 bits per heavy atom. The van der Waals surface area contributed by atoms with E-state index in [1.54, 1.807) is 0 Å². The number of nitrogen functional groups attached to an aromatic ring is 1. The third-order valence-electron chi connectivity index (χ3n) is 3.21. The predicted molar refractivity (Wildman–Crippen MR) is 72.5 cm³/mol. The van der Waals surface area contributed by atoms with Gasteiger partial charge in [-0.05, 0) is 18.2 Å². The minimum absolute atomic E-state index is 0.397. The largest absolute Gasteiger partial charge is 0.486 e.